The first-order valence-electron chi connectivity index (χ1n) is 12.0. The van der Waals surface area contributed by atoms with Crippen LogP contribution in [0.25, 0.3) is 17.2 Å². The van der Waals surface area contributed by atoms with Crippen LogP contribution < -0.4 is 5.32 Å². The van der Waals surface area contributed by atoms with Gasteiger partial charge in [0, 0.05) is 29.3 Å². The third-order valence-corrected chi connectivity index (χ3v) is 7.14. The van der Waals surface area contributed by atoms with Gasteiger partial charge >= 0.3 is 6.09 Å². The number of fused-ring (bicyclic) bond motifs is 2. The van der Waals surface area contributed by atoms with E-state index in [1.165, 1.54) is 23.3 Å². The monoisotopic (exact) mass is 460 g/mol. The van der Waals surface area contributed by atoms with Gasteiger partial charge in [0.25, 0.3) is 0 Å². The molecule has 6 heteroatoms. The number of rotatable bonds is 5. The molecule has 176 valence electrons. The first-order valence-corrected chi connectivity index (χ1v) is 12.0. The fourth-order valence-electron chi connectivity index (χ4n) is 5.56. The van der Waals surface area contributed by atoms with Gasteiger partial charge in [-0.3, -0.25) is 4.98 Å². The van der Waals surface area contributed by atoms with Gasteiger partial charge in [0.2, 0.25) is 0 Å². The minimum absolute atomic E-state index is 0.149. The van der Waals surface area contributed by atoms with Crippen molar-refractivity contribution in [1.82, 2.24) is 10.3 Å². The van der Waals surface area contributed by atoms with E-state index in [9.17, 15) is 9.18 Å². The van der Waals surface area contributed by atoms with Crippen molar-refractivity contribution in [3.05, 3.63) is 83.8 Å². The number of allylic oxidation sites excluding steroid dienone is 1. The van der Waals surface area contributed by atoms with Crippen molar-refractivity contribution in [2.45, 2.75) is 44.6 Å². The van der Waals surface area contributed by atoms with Gasteiger partial charge in [-0.25, -0.2) is 9.18 Å². The van der Waals surface area contributed by atoms with Gasteiger partial charge in [-0.15, -0.1) is 0 Å². The van der Waals surface area contributed by atoms with Gasteiger partial charge < -0.3 is 14.5 Å². The van der Waals surface area contributed by atoms with Crippen LogP contribution in [0.3, 0.4) is 0 Å². The van der Waals surface area contributed by atoms with Crippen molar-refractivity contribution in [2.24, 2.45) is 11.8 Å². The fourth-order valence-corrected chi connectivity index (χ4v) is 5.56. The number of amides is 1. The number of benzene rings is 1. The summed E-state index contributed by atoms with van der Waals surface area (Å²) in [4.78, 5) is 16.5. The summed E-state index contributed by atoms with van der Waals surface area (Å²) in [5.74, 6) is 0.967. The van der Waals surface area contributed by atoms with E-state index in [0.717, 1.165) is 42.5 Å². The number of aromatic nitrogens is 1. The van der Waals surface area contributed by atoms with Gasteiger partial charge in [-0.05, 0) is 79.8 Å². The van der Waals surface area contributed by atoms with Gasteiger partial charge in [-0.2, -0.15) is 0 Å². The predicted octanol–water partition coefficient (Wildman–Crippen LogP) is 6.36. The molecular formula is C28H29FN2O3. The number of hydrogen-bond acceptors (Lipinski definition) is 4. The van der Waals surface area contributed by atoms with Crippen molar-refractivity contribution < 1.29 is 18.3 Å². The molecule has 1 saturated carbocycles. The zero-order chi connectivity index (χ0) is 23.5. The highest BCUT2D eigenvalue weighted by Crippen LogP contribution is 2.48. The summed E-state index contributed by atoms with van der Waals surface area (Å²) < 4.78 is 24.2. The lowest BCUT2D eigenvalue weighted by Crippen LogP contribution is -2.43. The molecule has 3 aromatic rings. The molecule has 0 bridgehead atoms. The average molecular weight is 461 g/mol. The minimum atomic E-state index is -0.324. The first-order chi connectivity index (χ1) is 16.6. The molecular weight excluding hydrogens is 431 g/mol. The molecule has 2 aromatic heterocycles. The second-order valence-corrected chi connectivity index (χ2v) is 9.22. The third-order valence-electron chi connectivity index (χ3n) is 7.14. The van der Waals surface area contributed by atoms with Crippen LogP contribution in [0, 0.1) is 17.7 Å². The van der Waals surface area contributed by atoms with E-state index < -0.39 is 0 Å². The number of ether oxygens (including phenoxy) is 1. The highest BCUT2D eigenvalue weighted by atomic mass is 19.1. The Bertz CT molecular complexity index is 1170. The largest absolute Gasteiger partial charge is 0.472 e. The van der Waals surface area contributed by atoms with Crippen molar-refractivity contribution in [1.29, 1.82) is 0 Å². The van der Waals surface area contributed by atoms with Gasteiger partial charge in [0.1, 0.15) is 5.82 Å². The average Bonchev–Trinajstić information content (AvgIpc) is 3.30. The molecule has 4 atom stereocenters. The van der Waals surface area contributed by atoms with Gasteiger partial charge in [0.15, 0.2) is 0 Å². The summed E-state index contributed by atoms with van der Waals surface area (Å²) in [5.41, 5.74) is 5.08. The molecule has 2 aliphatic carbocycles. The van der Waals surface area contributed by atoms with Crippen LogP contribution in [-0.2, 0) is 11.2 Å². The summed E-state index contributed by atoms with van der Waals surface area (Å²) in [5, 5.41) is 3.03. The third kappa shape index (κ3) is 4.76. The van der Waals surface area contributed by atoms with E-state index in [1.54, 1.807) is 12.3 Å². The number of pyridine rings is 1. The van der Waals surface area contributed by atoms with Crippen molar-refractivity contribution in [3.8, 4) is 11.1 Å². The summed E-state index contributed by atoms with van der Waals surface area (Å²) in [6.07, 6.45) is 13.4. The molecule has 34 heavy (non-hydrogen) atoms. The van der Waals surface area contributed by atoms with E-state index in [2.05, 4.69) is 22.5 Å². The summed E-state index contributed by atoms with van der Waals surface area (Å²) in [7, 11) is 0. The fraction of sp³-hybridized carbons (Fsp3) is 0.357. The maximum absolute atomic E-state index is 13.5. The Morgan fingerprint density at radius 3 is 2.94 bits per heavy atom. The van der Waals surface area contributed by atoms with Crippen LogP contribution in [0.15, 0.2) is 65.6 Å². The molecule has 1 fully saturated rings. The summed E-state index contributed by atoms with van der Waals surface area (Å²) in [6, 6.07) is 10.6. The summed E-state index contributed by atoms with van der Waals surface area (Å²) >= 11 is 0. The van der Waals surface area contributed by atoms with E-state index in [0.29, 0.717) is 18.4 Å². The second kappa shape index (κ2) is 9.84. The number of hydrogen-bond donors (Lipinski definition) is 1. The Labute approximate surface area is 199 Å². The van der Waals surface area contributed by atoms with Crippen LogP contribution in [0.5, 0.6) is 0 Å². The normalized spacial score (nSPS) is 23.8. The Balaban J connectivity index is 1.32. The maximum atomic E-state index is 13.5. The number of alkyl carbamates (subject to hydrolysis) is 1. The molecule has 0 aliphatic heterocycles. The standard InChI is InChI=1S/C28H29FN2O3/c1-2-34-28(32)31-24-9-10-25-20(14-24)12-21-16-33-17-27(21)26(25)11-8-23-7-6-19(15-30-23)18-4-3-5-22(29)13-18/h3-8,11,13,15-17,20,24-26H,2,9-10,12,14H2,1H3,(H,31,32)/b11-8+/t20-,24-,25-,26+/m1/s1. The number of carbonyl (C=O) groups excluding carboxylic acids is 1. The molecule has 5 rings (SSSR count). The molecule has 1 N–H and O–H groups in total. The number of halogens is 1. The molecule has 0 unspecified atom stereocenters. The Morgan fingerprint density at radius 2 is 2.15 bits per heavy atom. The first kappa shape index (κ1) is 22.4. The molecule has 0 saturated heterocycles. The van der Waals surface area contributed by atoms with Crippen LogP contribution in [0.4, 0.5) is 9.18 Å². The smallest absolute Gasteiger partial charge is 0.407 e. The number of carbonyl (C=O) groups is 1. The minimum Gasteiger partial charge on any atom is -0.472 e. The molecule has 1 aromatic carbocycles. The lowest BCUT2D eigenvalue weighted by atomic mass is 9.63. The molecule has 5 nitrogen and oxygen atoms in total. The van der Waals surface area contributed by atoms with E-state index in [-0.39, 0.29) is 23.9 Å². The molecule has 2 aliphatic rings. The Kier molecular flexibility index (Phi) is 6.48. The lowest BCUT2D eigenvalue weighted by molar-refractivity contribution is 0.129. The number of furan rings is 1. The van der Waals surface area contributed by atoms with Gasteiger partial charge in [-0.1, -0.05) is 24.3 Å². The number of nitrogens with zero attached hydrogens (tertiary/aromatic N) is 1. The van der Waals surface area contributed by atoms with E-state index in [1.807, 2.05) is 37.6 Å². The highest BCUT2D eigenvalue weighted by Gasteiger charge is 2.40. The molecule has 0 radical (unpaired) electrons. The van der Waals surface area contributed by atoms with Crippen LogP contribution >= 0.6 is 0 Å². The van der Waals surface area contributed by atoms with E-state index in [4.69, 9.17) is 9.15 Å². The quantitative estimate of drug-likeness (QED) is 0.481. The lowest BCUT2D eigenvalue weighted by Gasteiger charge is -2.42. The second-order valence-electron chi connectivity index (χ2n) is 9.22. The predicted molar refractivity (Wildman–Crippen MR) is 129 cm³/mol. The zero-order valence-corrected chi connectivity index (χ0v) is 19.2. The maximum Gasteiger partial charge on any atom is 0.407 e. The van der Waals surface area contributed by atoms with E-state index >= 15 is 0 Å². The van der Waals surface area contributed by atoms with Crippen LogP contribution in [0.2, 0.25) is 0 Å². The molecule has 2 heterocycles. The van der Waals surface area contributed by atoms with Gasteiger partial charge in [0.05, 0.1) is 24.8 Å². The molecule has 1 amide bonds. The highest BCUT2D eigenvalue weighted by molar-refractivity contribution is 5.67. The van der Waals surface area contributed by atoms with Crippen molar-refractivity contribution in [2.75, 3.05) is 6.61 Å². The molecule has 0 spiro atoms. The Hall–Kier alpha value is -3.41. The number of nitrogens with one attached hydrogen (secondary N) is 1. The Morgan fingerprint density at radius 1 is 1.24 bits per heavy atom. The van der Waals surface area contributed by atoms with Crippen LogP contribution in [0.1, 0.15) is 48.9 Å². The van der Waals surface area contributed by atoms with Crippen molar-refractivity contribution in [3.63, 3.8) is 0 Å². The summed E-state index contributed by atoms with van der Waals surface area (Å²) in [6.45, 7) is 2.20. The van der Waals surface area contributed by atoms with Crippen molar-refractivity contribution >= 4 is 12.2 Å². The van der Waals surface area contributed by atoms with Crippen LogP contribution in [-0.4, -0.2) is 23.7 Å². The SMILES string of the molecule is CCOC(=O)N[C@@H]1CC[C@@H]2[C@H](Cc3cocc3[C@H]2/C=C/c2ccc(-c3cccc(F)c3)cn2)C1. The topological polar surface area (TPSA) is 64.4 Å². The zero-order valence-electron chi connectivity index (χ0n) is 19.2.